The van der Waals surface area contributed by atoms with Crippen molar-refractivity contribution < 1.29 is 19.0 Å². The Kier molecular flexibility index (Phi) is 7.50. The molecule has 0 aliphatic carbocycles. The fourth-order valence-electron chi connectivity index (χ4n) is 3.71. The third-order valence-electron chi connectivity index (χ3n) is 5.33. The number of rotatable bonds is 9. The van der Waals surface area contributed by atoms with Crippen LogP contribution in [-0.2, 0) is 16.1 Å². The first-order chi connectivity index (χ1) is 16.6. The van der Waals surface area contributed by atoms with Gasteiger partial charge in [-0.3, -0.25) is 0 Å². The summed E-state index contributed by atoms with van der Waals surface area (Å²) in [5.74, 6) is -0.596. The molecule has 0 fully saturated rings. The lowest BCUT2D eigenvalue weighted by molar-refractivity contribution is -0.154. The van der Waals surface area contributed by atoms with Crippen molar-refractivity contribution in [3.05, 3.63) is 119 Å². The number of aromatic nitrogens is 2. The van der Waals surface area contributed by atoms with Gasteiger partial charge in [-0.1, -0.05) is 91.0 Å². The zero-order valence-corrected chi connectivity index (χ0v) is 19.1. The fraction of sp³-hybridized carbons (Fsp3) is 0.179. The lowest BCUT2D eigenvalue weighted by atomic mass is 9.86. The second-order valence-corrected chi connectivity index (χ2v) is 7.77. The van der Waals surface area contributed by atoms with Gasteiger partial charge in [0.25, 0.3) is 0 Å². The van der Waals surface area contributed by atoms with E-state index in [1.165, 1.54) is 7.11 Å². The second-order valence-electron chi connectivity index (χ2n) is 7.77. The maximum atomic E-state index is 13.5. The van der Waals surface area contributed by atoms with Gasteiger partial charge in [-0.2, -0.15) is 4.98 Å². The summed E-state index contributed by atoms with van der Waals surface area (Å²) in [6.07, 6.45) is -1.03. The highest BCUT2D eigenvalue weighted by Gasteiger charge is 2.35. The van der Waals surface area contributed by atoms with E-state index in [4.69, 9.17) is 14.2 Å². The highest BCUT2D eigenvalue weighted by atomic mass is 16.6. The molecule has 4 aromatic rings. The molecule has 6 nitrogen and oxygen atoms in total. The van der Waals surface area contributed by atoms with E-state index < -0.39 is 18.0 Å². The minimum absolute atomic E-state index is 0.0513. The average Bonchev–Trinajstić information content (AvgIpc) is 2.88. The molecular formula is C28H26N2O4. The highest BCUT2D eigenvalue weighted by molar-refractivity contribution is 5.77. The molecule has 1 unspecified atom stereocenters. The summed E-state index contributed by atoms with van der Waals surface area (Å²) in [4.78, 5) is 22.2. The molecule has 0 spiro atoms. The molecule has 4 rings (SSSR count). The van der Waals surface area contributed by atoms with Gasteiger partial charge in [0.1, 0.15) is 6.61 Å². The number of esters is 1. The van der Waals surface area contributed by atoms with Crippen LogP contribution in [0.3, 0.4) is 0 Å². The van der Waals surface area contributed by atoms with E-state index in [0.29, 0.717) is 11.6 Å². The van der Waals surface area contributed by atoms with Crippen molar-refractivity contribution in [3.8, 4) is 11.9 Å². The standard InChI is InChI=1S/C28H26N2O4/c1-20-18-24(32-2)30-28(29-20)34-26(27(31)33-19-21-12-6-3-7-13-21)25(22-14-8-4-9-15-22)23-16-10-5-11-17-23/h3-18,25-26H,19H2,1-2H3. The van der Waals surface area contributed by atoms with Crippen LogP contribution < -0.4 is 9.47 Å². The normalized spacial score (nSPS) is 11.6. The second kappa shape index (κ2) is 11.1. The zero-order chi connectivity index (χ0) is 23.8. The van der Waals surface area contributed by atoms with Crippen LogP contribution >= 0.6 is 0 Å². The van der Waals surface area contributed by atoms with Crippen molar-refractivity contribution >= 4 is 5.97 Å². The van der Waals surface area contributed by atoms with Crippen molar-refractivity contribution in [1.29, 1.82) is 0 Å². The topological polar surface area (TPSA) is 70.5 Å². The van der Waals surface area contributed by atoms with E-state index in [2.05, 4.69) is 9.97 Å². The Bertz CT molecular complexity index is 1160. The summed E-state index contributed by atoms with van der Waals surface area (Å²) in [5.41, 5.74) is 3.37. The Morgan fingerprint density at radius 1 is 0.824 bits per heavy atom. The van der Waals surface area contributed by atoms with E-state index in [1.807, 2.05) is 97.9 Å². The molecule has 0 saturated heterocycles. The summed E-state index contributed by atoms with van der Waals surface area (Å²) in [7, 11) is 1.52. The van der Waals surface area contributed by atoms with E-state index in [0.717, 1.165) is 16.7 Å². The third-order valence-corrected chi connectivity index (χ3v) is 5.33. The van der Waals surface area contributed by atoms with Crippen LogP contribution in [0.4, 0.5) is 0 Å². The Balaban J connectivity index is 1.73. The summed E-state index contributed by atoms with van der Waals surface area (Å²) in [6, 6.07) is 30.8. The van der Waals surface area contributed by atoms with Gasteiger partial charge >= 0.3 is 12.0 Å². The molecule has 0 amide bonds. The Morgan fingerprint density at radius 2 is 1.38 bits per heavy atom. The number of methoxy groups -OCH3 is 1. The monoisotopic (exact) mass is 454 g/mol. The molecule has 1 aromatic heterocycles. The van der Waals surface area contributed by atoms with Crippen LogP contribution in [0.15, 0.2) is 97.1 Å². The number of aryl methyl sites for hydroxylation is 1. The number of ether oxygens (including phenoxy) is 3. The molecule has 1 heterocycles. The number of hydrogen-bond donors (Lipinski definition) is 0. The zero-order valence-electron chi connectivity index (χ0n) is 19.1. The lowest BCUT2D eigenvalue weighted by Crippen LogP contribution is -2.36. The van der Waals surface area contributed by atoms with E-state index >= 15 is 0 Å². The number of hydrogen-bond acceptors (Lipinski definition) is 6. The molecule has 172 valence electrons. The van der Waals surface area contributed by atoms with Crippen LogP contribution in [0.2, 0.25) is 0 Å². The maximum Gasteiger partial charge on any atom is 0.348 e. The SMILES string of the molecule is COc1cc(C)nc(OC(C(=O)OCc2ccccc2)C(c2ccccc2)c2ccccc2)n1. The van der Waals surface area contributed by atoms with Crippen molar-refractivity contribution in [2.45, 2.75) is 25.6 Å². The molecule has 0 bridgehead atoms. The molecule has 0 saturated carbocycles. The molecule has 0 radical (unpaired) electrons. The predicted molar refractivity (Wildman–Crippen MR) is 129 cm³/mol. The smallest absolute Gasteiger partial charge is 0.348 e. The molecule has 3 aromatic carbocycles. The maximum absolute atomic E-state index is 13.5. The van der Waals surface area contributed by atoms with Gasteiger partial charge in [-0.15, -0.1) is 0 Å². The molecule has 6 heteroatoms. The van der Waals surface area contributed by atoms with Crippen molar-refractivity contribution in [2.75, 3.05) is 7.11 Å². The van der Waals surface area contributed by atoms with E-state index in [-0.39, 0.29) is 12.6 Å². The molecule has 34 heavy (non-hydrogen) atoms. The third kappa shape index (κ3) is 5.78. The molecule has 0 aliphatic heterocycles. The average molecular weight is 455 g/mol. The van der Waals surface area contributed by atoms with Gasteiger partial charge in [0.15, 0.2) is 0 Å². The first kappa shape index (κ1) is 23.0. The minimum atomic E-state index is -1.03. The number of carbonyl (C=O) groups is 1. The quantitative estimate of drug-likeness (QED) is 0.327. The van der Waals surface area contributed by atoms with Crippen molar-refractivity contribution in [3.63, 3.8) is 0 Å². The fourth-order valence-corrected chi connectivity index (χ4v) is 3.71. The molecule has 1 atom stereocenters. The van der Waals surface area contributed by atoms with Crippen LogP contribution in [0.5, 0.6) is 11.9 Å². The predicted octanol–water partition coefficient (Wildman–Crippen LogP) is 5.12. The van der Waals surface area contributed by atoms with Gasteiger partial charge in [-0.25, -0.2) is 9.78 Å². The van der Waals surface area contributed by atoms with E-state index in [9.17, 15) is 4.79 Å². The van der Waals surface area contributed by atoms with Gasteiger partial charge < -0.3 is 14.2 Å². The summed E-state index contributed by atoms with van der Waals surface area (Å²) in [5, 5.41) is 0. The van der Waals surface area contributed by atoms with Gasteiger partial charge in [0, 0.05) is 11.8 Å². The van der Waals surface area contributed by atoms with Crippen molar-refractivity contribution in [1.82, 2.24) is 9.97 Å². The lowest BCUT2D eigenvalue weighted by Gasteiger charge is -2.26. The first-order valence-corrected chi connectivity index (χ1v) is 11.0. The first-order valence-electron chi connectivity index (χ1n) is 11.0. The van der Waals surface area contributed by atoms with Crippen LogP contribution in [0.25, 0.3) is 0 Å². The van der Waals surface area contributed by atoms with Crippen molar-refractivity contribution in [2.24, 2.45) is 0 Å². The molecular weight excluding hydrogens is 428 g/mol. The number of benzene rings is 3. The molecule has 0 N–H and O–H groups in total. The largest absolute Gasteiger partial charge is 0.481 e. The van der Waals surface area contributed by atoms with Gasteiger partial charge in [0.05, 0.1) is 13.0 Å². The van der Waals surface area contributed by atoms with Crippen LogP contribution in [0, 0.1) is 6.92 Å². The van der Waals surface area contributed by atoms with Crippen LogP contribution in [0.1, 0.15) is 28.3 Å². The molecule has 0 aliphatic rings. The van der Waals surface area contributed by atoms with Crippen LogP contribution in [-0.4, -0.2) is 29.2 Å². The van der Waals surface area contributed by atoms with E-state index in [1.54, 1.807) is 6.07 Å². The summed E-state index contributed by atoms with van der Waals surface area (Å²) >= 11 is 0. The Hall–Kier alpha value is -4.19. The Labute approximate surface area is 199 Å². The van der Waals surface area contributed by atoms with Gasteiger partial charge in [0.2, 0.25) is 12.0 Å². The highest BCUT2D eigenvalue weighted by Crippen LogP contribution is 2.31. The minimum Gasteiger partial charge on any atom is -0.481 e. The van der Waals surface area contributed by atoms with Gasteiger partial charge in [-0.05, 0) is 23.6 Å². The number of nitrogens with zero attached hydrogens (tertiary/aromatic N) is 2. The number of carbonyl (C=O) groups excluding carboxylic acids is 1. The summed E-state index contributed by atoms with van der Waals surface area (Å²) in [6.45, 7) is 1.94. The Morgan fingerprint density at radius 3 is 1.94 bits per heavy atom. The summed E-state index contributed by atoms with van der Waals surface area (Å²) < 4.78 is 17.2.